The lowest BCUT2D eigenvalue weighted by Crippen LogP contribution is -2.32. The van der Waals surface area contributed by atoms with Gasteiger partial charge in [0.2, 0.25) is 5.91 Å². The van der Waals surface area contributed by atoms with Crippen molar-refractivity contribution in [1.82, 2.24) is 5.32 Å². The minimum Gasteiger partial charge on any atom is -0.506 e. The van der Waals surface area contributed by atoms with Crippen LogP contribution in [0.4, 0.5) is 5.69 Å². The summed E-state index contributed by atoms with van der Waals surface area (Å²) >= 11 is 3.33. The van der Waals surface area contributed by atoms with Crippen LogP contribution in [0.25, 0.3) is 0 Å². The van der Waals surface area contributed by atoms with E-state index in [9.17, 15) is 9.90 Å². The summed E-state index contributed by atoms with van der Waals surface area (Å²) in [4.78, 5) is 12.1. The highest BCUT2D eigenvalue weighted by molar-refractivity contribution is 9.10. The molecule has 1 atom stereocenters. The third-order valence-electron chi connectivity index (χ3n) is 3.93. The van der Waals surface area contributed by atoms with Crippen LogP contribution in [0.1, 0.15) is 26.2 Å². The van der Waals surface area contributed by atoms with Crippen molar-refractivity contribution in [2.24, 2.45) is 11.8 Å². The highest BCUT2D eigenvalue weighted by Gasteiger charge is 2.22. The average Bonchev–Trinajstić information content (AvgIpc) is 2.43. The van der Waals surface area contributed by atoms with E-state index in [1.54, 1.807) is 18.2 Å². The van der Waals surface area contributed by atoms with Gasteiger partial charge in [-0.3, -0.25) is 4.79 Å². The lowest BCUT2D eigenvalue weighted by molar-refractivity contribution is -0.117. The fourth-order valence-electron chi connectivity index (χ4n) is 2.68. The van der Waals surface area contributed by atoms with Gasteiger partial charge in [0.1, 0.15) is 5.75 Å². The van der Waals surface area contributed by atoms with Crippen LogP contribution in [0, 0.1) is 11.8 Å². The van der Waals surface area contributed by atoms with E-state index in [0.29, 0.717) is 23.9 Å². The number of nitrogens with one attached hydrogen (secondary N) is 2. The van der Waals surface area contributed by atoms with E-state index in [4.69, 9.17) is 0 Å². The smallest absolute Gasteiger partial charge is 0.224 e. The Bertz CT molecular complexity index is 479. The van der Waals surface area contributed by atoms with E-state index in [1.807, 2.05) is 0 Å². The number of carbonyl (C=O) groups excluding carboxylic acids is 1. The Hall–Kier alpha value is -0.780. The zero-order valence-corrected chi connectivity index (χ0v) is 14.5. The number of hydrogen-bond acceptors (Lipinski definition) is 3. The van der Waals surface area contributed by atoms with Gasteiger partial charge in [-0.25, -0.2) is 0 Å². The predicted octanol–water partition coefficient (Wildman–Crippen LogP) is 3.54. The molecule has 0 aliphatic carbocycles. The molecule has 1 amide bonds. The van der Waals surface area contributed by atoms with Crippen LogP contribution in [0.2, 0.25) is 0 Å². The van der Waals surface area contributed by atoms with Crippen molar-refractivity contribution in [2.45, 2.75) is 26.2 Å². The van der Waals surface area contributed by atoms with Gasteiger partial charge in [-0.2, -0.15) is 0 Å². The van der Waals surface area contributed by atoms with Crippen LogP contribution in [0.5, 0.6) is 5.75 Å². The van der Waals surface area contributed by atoms with Gasteiger partial charge in [0.15, 0.2) is 0 Å². The summed E-state index contributed by atoms with van der Waals surface area (Å²) in [6.45, 7) is 4.22. The zero-order valence-electron chi connectivity index (χ0n) is 12.1. The molecule has 21 heavy (non-hydrogen) atoms. The van der Waals surface area contributed by atoms with E-state index in [1.165, 1.54) is 0 Å². The van der Waals surface area contributed by atoms with Crippen LogP contribution < -0.4 is 10.6 Å². The highest BCUT2D eigenvalue weighted by Crippen LogP contribution is 2.28. The summed E-state index contributed by atoms with van der Waals surface area (Å²) < 4.78 is 0.831. The first kappa shape index (κ1) is 18.3. The second-order valence-corrected chi connectivity index (χ2v) is 6.39. The van der Waals surface area contributed by atoms with Crippen LogP contribution in [-0.4, -0.2) is 24.1 Å². The molecule has 1 unspecified atom stereocenters. The molecule has 1 fully saturated rings. The fourth-order valence-corrected chi connectivity index (χ4v) is 3.04. The fraction of sp³-hybridized carbons (Fsp3) is 0.533. The maximum atomic E-state index is 12.1. The van der Waals surface area contributed by atoms with Gasteiger partial charge in [0.25, 0.3) is 0 Å². The average molecular weight is 378 g/mol. The summed E-state index contributed by atoms with van der Waals surface area (Å²) in [5.41, 5.74) is 0.460. The van der Waals surface area contributed by atoms with Gasteiger partial charge >= 0.3 is 0 Å². The first-order valence-corrected chi connectivity index (χ1v) is 7.84. The Morgan fingerprint density at radius 2 is 2.14 bits per heavy atom. The highest BCUT2D eigenvalue weighted by atomic mass is 79.9. The maximum Gasteiger partial charge on any atom is 0.224 e. The molecule has 4 nitrogen and oxygen atoms in total. The van der Waals surface area contributed by atoms with E-state index in [0.717, 1.165) is 30.4 Å². The number of piperidine rings is 1. The summed E-state index contributed by atoms with van der Waals surface area (Å²) in [6.07, 6.45) is 2.77. The van der Waals surface area contributed by atoms with Crippen molar-refractivity contribution >= 4 is 39.9 Å². The van der Waals surface area contributed by atoms with E-state index in [-0.39, 0.29) is 24.1 Å². The maximum absolute atomic E-state index is 12.1. The first-order chi connectivity index (χ1) is 9.56. The molecule has 1 aliphatic rings. The normalized spacial score (nSPS) is 16.9. The van der Waals surface area contributed by atoms with Crippen molar-refractivity contribution < 1.29 is 9.90 Å². The summed E-state index contributed by atoms with van der Waals surface area (Å²) in [6, 6.07) is 5.01. The lowest BCUT2D eigenvalue weighted by atomic mass is 9.84. The quantitative estimate of drug-likeness (QED) is 0.703. The number of hydrogen-bond donors (Lipinski definition) is 3. The third kappa shape index (κ3) is 5.49. The van der Waals surface area contributed by atoms with Gasteiger partial charge in [-0.1, -0.05) is 22.9 Å². The largest absolute Gasteiger partial charge is 0.506 e. The molecule has 3 N–H and O–H groups in total. The van der Waals surface area contributed by atoms with Crippen molar-refractivity contribution in [3.8, 4) is 5.75 Å². The zero-order chi connectivity index (χ0) is 14.5. The molecule has 0 aromatic heterocycles. The number of amides is 1. The first-order valence-electron chi connectivity index (χ1n) is 7.05. The topological polar surface area (TPSA) is 61.4 Å². The standard InChI is InChI=1S/C15H21BrN2O2.ClH/c1-10(11-4-6-17-7-5-11)8-15(20)18-13-9-12(16)2-3-14(13)19;/h2-3,9-11,17,19H,4-8H2,1H3,(H,18,20);1H. The number of benzene rings is 1. The van der Waals surface area contributed by atoms with Crippen LogP contribution in [-0.2, 0) is 4.79 Å². The van der Waals surface area contributed by atoms with Gasteiger partial charge in [-0.05, 0) is 56.0 Å². The Balaban J connectivity index is 0.00000220. The molecule has 1 saturated heterocycles. The predicted molar refractivity (Wildman–Crippen MR) is 91.1 cm³/mol. The van der Waals surface area contributed by atoms with Crippen molar-refractivity contribution in [2.75, 3.05) is 18.4 Å². The van der Waals surface area contributed by atoms with Crippen molar-refractivity contribution in [3.05, 3.63) is 22.7 Å². The molecule has 0 bridgehead atoms. The Labute approximate surface area is 140 Å². The van der Waals surface area contributed by atoms with Crippen LogP contribution in [0.3, 0.4) is 0 Å². The number of aromatic hydroxyl groups is 1. The van der Waals surface area contributed by atoms with Gasteiger partial charge in [0, 0.05) is 10.9 Å². The number of rotatable bonds is 4. The Morgan fingerprint density at radius 1 is 1.48 bits per heavy atom. The van der Waals surface area contributed by atoms with Crippen molar-refractivity contribution in [3.63, 3.8) is 0 Å². The molecule has 1 heterocycles. The molecule has 2 rings (SSSR count). The van der Waals surface area contributed by atoms with E-state index < -0.39 is 0 Å². The second kappa shape index (κ2) is 8.61. The lowest BCUT2D eigenvalue weighted by Gasteiger charge is -2.27. The second-order valence-electron chi connectivity index (χ2n) is 5.48. The van der Waals surface area contributed by atoms with Crippen LogP contribution >= 0.6 is 28.3 Å². The molecular formula is C15H22BrClN2O2. The monoisotopic (exact) mass is 376 g/mol. The summed E-state index contributed by atoms with van der Waals surface area (Å²) in [7, 11) is 0. The number of anilines is 1. The molecule has 1 aromatic carbocycles. The minimum absolute atomic E-state index is 0. The Kier molecular flexibility index (Phi) is 7.49. The number of phenols is 1. The molecule has 118 valence electrons. The number of carbonyl (C=O) groups is 1. The summed E-state index contributed by atoms with van der Waals surface area (Å²) in [5, 5.41) is 15.8. The molecule has 1 aromatic rings. The van der Waals surface area contributed by atoms with Gasteiger partial charge in [-0.15, -0.1) is 12.4 Å². The van der Waals surface area contributed by atoms with Crippen LogP contribution in [0.15, 0.2) is 22.7 Å². The van der Waals surface area contributed by atoms with Gasteiger partial charge < -0.3 is 15.7 Å². The number of halogens is 2. The van der Waals surface area contributed by atoms with E-state index >= 15 is 0 Å². The summed E-state index contributed by atoms with van der Waals surface area (Å²) in [5.74, 6) is 1.03. The molecule has 6 heteroatoms. The molecule has 1 aliphatic heterocycles. The molecule has 0 spiro atoms. The third-order valence-corrected chi connectivity index (χ3v) is 4.42. The number of phenolic OH excluding ortho intramolecular Hbond substituents is 1. The minimum atomic E-state index is -0.0376. The van der Waals surface area contributed by atoms with E-state index in [2.05, 4.69) is 33.5 Å². The molecule has 0 saturated carbocycles. The molecular weight excluding hydrogens is 356 g/mol. The SMILES string of the molecule is CC(CC(=O)Nc1cc(Br)ccc1O)C1CCNCC1.Cl. The Morgan fingerprint density at radius 3 is 2.81 bits per heavy atom. The van der Waals surface area contributed by atoms with Gasteiger partial charge in [0.05, 0.1) is 5.69 Å². The molecule has 0 radical (unpaired) electrons. The van der Waals surface area contributed by atoms with Crippen molar-refractivity contribution in [1.29, 1.82) is 0 Å².